The molecule has 3 aromatic heterocycles. The first-order chi connectivity index (χ1) is 27.9. The minimum Gasteiger partial charge on any atom is -0.501 e. The van der Waals surface area contributed by atoms with Crippen LogP contribution < -0.4 is 4.40 Å². The number of aryl methyl sites for hydroxylation is 2. The molecule has 6 aromatic carbocycles. The predicted molar refractivity (Wildman–Crippen MR) is 233 cm³/mol. The number of nitrogens with zero attached hydrogens (tertiary/aromatic N) is 2. The summed E-state index contributed by atoms with van der Waals surface area (Å²) in [6, 6.07) is 57.0. The van der Waals surface area contributed by atoms with Crippen molar-refractivity contribution >= 4 is 39.6 Å². The van der Waals surface area contributed by atoms with E-state index in [0.29, 0.717) is 11.1 Å². The third-order valence-corrected chi connectivity index (χ3v) is 14.4. The molecule has 277 valence electrons. The van der Waals surface area contributed by atoms with Gasteiger partial charge >= 0.3 is 152 Å². The molecule has 3 heterocycles. The number of fused-ring (bicyclic) bond motifs is 3. The van der Waals surface area contributed by atoms with Gasteiger partial charge in [0.25, 0.3) is 0 Å². The average molecular weight is 967 g/mol. The summed E-state index contributed by atoms with van der Waals surface area (Å²) in [5.41, 5.74) is 12.8. The standard InChI is InChI=1S/C29H18NO.C22H24GeN.Ir/c1-3-8-20(9-4-1)22-14-15-24-25-12-7-13-26(29(25)31-28(24)19-22)27-18-23(16-17-30-27)21-10-5-2-6-11-21;1-16-11-12-19(14-20(16)18-9-7-6-8-10-18)22-13-17(2)21(15-24-22)23(3,4)5;/h1-12,14-19H;6-11,13-15H,1-5H3;/q2*-1;/i;1D3;. The van der Waals surface area contributed by atoms with E-state index in [2.05, 4.69) is 119 Å². The maximum Gasteiger partial charge on any atom is 0.121 e. The molecular formula is C51H42GeIrN2O-2. The van der Waals surface area contributed by atoms with Crippen LogP contribution in [0.25, 0.3) is 77.8 Å². The molecule has 5 heteroatoms. The minimum atomic E-state index is -2.19. The first-order valence-corrected chi connectivity index (χ1v) is 25.8. The van der Waals surface area contributed by atoms with Crippen molar-refractivity contribution in [2.75, 3.05) is 0 Å². The van der Waals surface area contributed by atoms with Crippen molar-refractivity contribution in [1.82, 2.24) is 9.97 Å². The first kappa shape index (κ1) is 35.1. The number of pyridine rings is 2. The molecule has 0 amide bonds. The van der Waals surface area contributed by atoms with E-state index in [1.165, 1.54) is 15.5 Å². The summed E-state index contributed by atoms with van der Waals surface area (Å²) >= 11 is -1.96. The van der Waals surface area contributed by atoms with E-state index in [9.17, 15) is 0 Å². The quantitative estimate of drug-likeness (QED) is 0.123. The van der Waals surface area contributed by atoms with Crippen LogP contribution in [-0.4, -0.2) is 23.2 Å². The fourth-order valence-corrected chi connectivity index (χ4v) is 10.7. The van der Waals surface area contributed by atoms with Crippen LogP contribution in [0.5, 0.6) is 0 Å². The molecule has 0 N–H and O–H groups in total. The zero-order valence-electron chi connectivity index (χ0n) is 34.7. The van der Waals surface area contributed by atoms with E-state index in [1.54, 1.807) is 6.07 Å². The normalized spacial score (nSPS) is 12.2. The Morgan fingerprint density at radius 2 is 1.27 bits per heavy atom. The average Bonchev–Trinajstić information content (AvgIpc) is 3.62. The van der Waals surface area contributed by atoms with Crippen LogP contribution in [0.1, 0.15) is 15.2 Å². The number of hydrogen-bond acceptors (Lipinski definition) is 3. The summed E-state index contributed by atoms with van der Waals surface area (Å²) in [5.74, 6) is 7.07. The van der Waals surface area contributed by atoms with Gasteiger partial charge in [-0.3, -0.25) is 0 Å². The molecule has 0 atom stereocenters. The van der Waals surface area contributed by atoms with Crippen LogP contribution in [0, 0.1) is 25.9 Å². The molecule has 0 bridgehead atoms. The molecular weight excluding hydrogens is 921 g/mol. The number of furan rings is 1. The van der Waals surface area contributed by atoms with E-state index >= 15 is 0 Å². The van der Waals surface area contributed by atoms with Crippen LogP contribution in [0.4, 0.5) is 0 Å². The van der Waals surface area contributed by atoms with Crippen LogP contribution in [0.3, 0.4) is 0 Å². The topological polar surface area (TPSA) is 38.9 Å². The van der Waals surface area contributed by atoms with Crippen molar-refractivity contribution in [3.8, 4) is 55.9 Å². The van der Waals surface area contributed by atoms with Crippen LogP contribution >= 0.6 is 0 Å². The molecule has 0 spiro atoms. The van der Waals surface area contributed by atoms with Gasteiger partial charge in [-0.2, -0.15) is 0 Å². The van der Waals surface area contributed by atoms with Gasteiger partial charge in [0.05, 0.1) is 5.58 Å². The second kappa shape index (κ2) is 16.8. The second-order valence-electron chi connectivity index (χ2n) is 14.7. The molecule has 0 saturated carbocycles. The molecule has 0 unspecified atom stereocenters. The number of hydrogen-bond donors (Lipinski definition) is 0. The SMILES string of the molecule is [2H]C([2H])([2H])c1c[c-]c(-c2cc(C)[c]([Ge]([CH3])([CH3])[CH3])cn2)cc1-c1ccccc1.[Ir].[c-]1ccc2c(oc3cc(-c4ccccc4)ccc32)c1-c1cc(-c2ccccc2)ccn1. The van der Waals surface area contributed by atoms with E-state index < -0.39 is 20.1 Å². The molecule has 0 fully saturated rings. The maximum atomic E-state index is 7.87. The molecule has 9 rings (SSSR count). The second-order valence-corrected chi connectivity index (χ2v) is 25.3. The summed E-state index contributed by atoms with van der Waals surface area (Å²) in [6.07, 6.45) is 3.85. The van der Waals surface area contributed by atoms with Crippen molar-refractivity contribution in [2.45, 2.75) is 31.0 Å². The minimum absolute atomic E-state index is 0. The Balaban J connectivity index is 0.000000178. The Hall–Kier alpha value is -5.39. The fraction of sp³-hybridized carbons (Fsp3) is 0.0980. The van der Waals surface area contributed by atoms with Gasteiger partial charge in [-0.25, -0.2) is 0 Å². The summed E-state index contributed by atoms with van der Waals surface area (Å²) in [4.78, 5) is 9.31. The summed E-state index contributed by atoms with van der Waals surface area (Å²) in [6.45, 7) is -0.0564. The third-order valence-electron chi connectivity index (χ3n) is 9.89. The van der Waals surface area contributed by atoms with E-state index in [1.807, 2.05) is 85.2 Å². The van der Waals surface area contributed by atoms with Crippen LogP contribution in [0.15, 0.2) is 168 Å². The monoisotopic (exact) mass is 968 g/mol. The molecule has 0 aliphatic carbocycles. The molecule has 0 aliphatic heterocycles. The Labute approximate surface area is 350 Å². The van der Waals surface area contributed by atoms with Gasteiger partial charge in [0, 0.05) is 31.7 Å². The van der Waals surface area contributed by atoms with E-state index in [-0.39, 0.29) is 20.1 Å². The Morgan fingerprint density at radius 3 is 1.91 bits per heavy atom. The molecule has 3 nitrogen and oxygen atoms in total. The third kappa shape index (κ3) is 8.24. The summed E-state index contributed by atoms with van der Waals surface area (Å²) in [5, 5.41) is 2.18. The zero-order valence-corrected chi connectivity index (χ0v) is 36.2. The maximum absolute atomic E-state index is 7.87. The number of rotatable bonds is 6. The van der Waals surface area contributed by atoms with Crippen molar-refractivity contribution < 1.29 is 28.6 Å². The van der Waals surface area contributed by atoms with Gasteiger partial charge in [0.1, 0.15) is 5.58 Å². The van der Waals surface area contributed by atoms with Crippen molar-refractivity contribution in [1.29, 1.82) is 0 Å². The Kier molecular flexibility index (Phi) is 10.5. The molecule has 9 aromatic rings. The Bertz CT molecular complexity index is 2870. The van der Waals surface area contributed by atoms with Gasteiger partial charge < -0.3 is 9.40 Å². The van der Waals surface area contributed by atoms with E-state index in [4.69, 9.17) is 8.53 Å². The van der Waals surface area contributed by atoms with Crippen LogP contribution in [0.2, 0.25) is 17.3 Å². The molecule has 56 heavy (non-hydrogen) atoms. The van der Waals surface area contributed by atoms with Crippen molar-refractivity contribution in [3.05, 3.63) is 187 Å². The molecule has 0 saturated heterocycles. The summed E-state index contributed by atoms with van der Waals surface area (Å²) in [7, 11) is 0. The largest absolute Gasteiger partial charge is 0.501 e. The van der Waals surface area contributed by atoms with Crippen molar-refractivity contribution in [3.63, 3.8) is 0 Å². The Morgan fingerprint density at radius 1 is 0.607 bits per heavy atom. The smallest absolute Gasteiger partial charge is 0.121 e. The molecule has 1 radical (unpaired) electrons. The molecule has 0 aliphatic rings. The van der Waals surface area contributed by atoms with Gasteiger partial charge in [0.2, 0.25) is 0 Å². The number of benzene rings is 6. The number of aromatic nitrogens is 2. The first-order valence-electron chi connectivity index (χ1n) is 20.0. The van der Waals surface area contributed by atoms with Gasteiger partial charge in [-0.1, -0.05) is 89.8 Å². The van der Waals surface area contributed by atoms with Gasteiger partial charge in [-0.05, 0) is 40.1 Å². The van der Waals surface area contributed by atoms with Gasteiger partial charge in [0.15, 0.2) is 0 Å². The predicted octanol–water partition coefficient (Wildman–Crippen LogP) is 13.2. The van der Waals surface area contributed by atoms with Gasteiger partial charge in [-0.15, -0.1) is 18.2 Å². The van der Waals surface area contributed by atoms with Crippen LogP contribution in [-0.2, 0) is 20.1 Å². The zero-order chi connectivity index (χ0) is 40.4. The van der Waals surface area contributed by atoms with Crippen molar-refractivity contribution in [2.24, 2.45) is 0 Å². The van der Waals surface area contributed by atoms with E-state index in [0.717, 1.165) is 66.7 Å². The summed E-state index contributed by atoms with van der Waals surface area (Å²) < 4.78 is 31.4. The fourth-order valence-electron chi connectivity index (χ4n) is 7.10.